The van der Waals surface area contributed by atoms with Gasteiger partial charge in [-0.2, -0.15) is 0 Å². The number of nitrogens with zero attached hydrogens (tertiary/aromatic N) is 3. The molecule has 0 bridgehead atoms. The standard InChI is InChI=1S/C28H23N3O6S/c1-36-22-13-9-19(10-14-22)16-37-28(33)25-23(20-5-3-2-4-6-20)17-38-27-24(26(32)30(25)27)29-15-18-7-11-21(12-8-18)31(34)35/h2-15,24,27H,16-17H2,1H3/t24-,27+/m1/s1. The van der Waals surface area contributed by atoms with E-state index in [0.29, 0.717) is 17.1 Å². The van der Waals surface area contributed by atoms with Crippen molar-refractivity contribution in [3.05, 3.63) is 111 Å². The van der Waals surface area contributed by atoms with Crippen molar-refractivity contribution in [2.24, 2.45) is 4.99 Å². The summed E-state index contributed by atoms with van der Waals surface area (Å²) in [6.45, 7) is 0.0516. The van der Waals surface area contributed by atoms with E-state index in [0.717, 1.165) is 16.7 Å². The average molecular weight is 530 g/mol. The van der Waals surface area contributed by atoms with Crippen LogP contribution in [-0.4, -0.2) is 52.2 Å². The topological polar surface area (TPSA) is 111 Å². The van der Waals surface area contributed by atoms with Crippen LogP contribution in [0, 0.1) is 10.1 Å². The van der Waals surface area contributed by atoms with Gasteiger partial charge in [-0.3, -0.25) is 24.8 Å². The number of fused-ring (bicyclic) bond motifs is 1. The van der Waals surface area contributed by atoms with E-state index in [9.17, 15) is 19.7 Å². The second-order valence-corrected chi connectivity index (χ2v) is 9.70. The fourth-order valence-corrected chi connectivity index (χ4v) is 5.61. The summed E-state index contributed by atoms with van der Waals surface area (Å²) in [6, 6.07) is 21.9. The first-order valence-electron chi connectivity index (χ1n) is 11.8. The minimum absolute atomic E-state index is 0.0211. The minimum atomic E-state index is -0.670. The maximum atomic E-state index is 13.4. The van der Waals surface area contributed by atoms with E-state index in [4.69, 9.17) is 9.47 Å². The van der Waals surface area contributed by atoms with Crippen LogP contribution in [0.4, 0.5) is 5.69 Å². The molecule has 1 fully saturated rings. The largest absolute Gasteiger partial charge is 0.497 e. The van der Waals surface area contributed by atoms with Gasteiger partial charge in [0, 0.05) is 29.7 Å². The number of carbonyl (C=O) groups is 2. The summed E-state index contributed by atoms with van der Waals surface area (Å²) in [7, 11) is 1.58. The second-order valence-electron chi connectivity index (χ2n) is 8.60. The second kappa shape index (κ2) is 10.9. The number of nitro groups is 1. The van der Waals surface area contributed by atoms with E-state index >= 15 is 0 Å². The van der Waals surface area contributed by atoms with Crippen LogP contribution in [0.25, 0.3) is 5.57 Å². The van der Waals surface area contributed by atoms with Gasteiger partial charge in [0.2, 0.25) is 0 Å². The molecule has 3 aromatic carbocycles. The Balaban J connectivity index is 1.37. The number of carbonyl (C=O) groups excluding carboxylic acids is 2. The number of thioether (sulfide) groups is 1. The molecule has 2 aliphatic heterocycles. The van der Waals surface area contributed by atoms with E-state index in [1.807, 2.05) is 42.5 Å². The van der Waals surface area contributed by atoms with Crippen molar-refractivity contribution in [3.63, 3.8) is 0 Å². The van der Waals surface area contributed by atoms with E-state index in [1.165, 1.54) is 35.0 Å². The van der Waals surface area contributed by atoms with Gasteiger partial charge in [-0.05, 0) is 41.0 Å². The molecule has 2 aliphatic rings. The maximum absolute atomic E-state index is 13.4. The number of hydrogen-bond acceptors (Lipinski definition) is 8. The van der Waals surface area contributed by atoms with Crippen LogP contribution >= 0.6 is 11.8 Å². The van der Waals surface area contributed by atoms with Gasteiger partial charge < -0.3 is 9.47 Å². The third-order valence-corrected chi connectivity index (χ3v) is 7.54. The van der Waals surface area contributed by atoms with Crippen molar-refractivity contribution in [2.75, 3.05) is 12.9 Å². The van der Waals surface area contributed by atoms with Crippen molar-refractivity contribution >= 4 is 41.1 Å². The molecule has 0 spiro atoms. The predicted molar refractivity (Wildman–Crippen MR) is 144 cm³/mol. The van der Waals surface area contributed by atoms with Crippen LogP contribution < -0.4 is 4.74 Å². The minimum Gasteiger partial charge on any atom is -0.497 e. The number of esters is 1. The van der Waals surface area contributed by atoms with Gasteiger partial charge in [-0.25, -0.2) is 4.79 Å². The number of benzene rings is 3. The van der Waals surface area contributed by atoms with Crippen LogP contribution in [0.15, 0.2) is 89.6 Å². The number of rotatable bonds is 8. The van der Waals surface area contributed by atoms with Gasteiger partial charge in [0.25, 0.3) is 11.6 Å². The highest BCUT2D eigenvalue weighted by atomic mass is 32.2. The lowest BCUT2D eigenvalue weighted by atomic mass is 9.99. The van der Waals surface area contributed by atoms with Gasteiger partial charge >= 0.3 is 5.97 Å². The van der Waals surface area contributed by atoms with E-state index < -0.39 is 16.9 Å². The summed E-state index contributed by atoms with van der Waals surface area (Å²) < 4.78 is 10.8. The molecule has 1 amide bonds. The fourth-order valence-electron chi connectivity index (χ4n) is 4.24. The number of hydrogen-bond donors (Lipinski definition) is 0. The van der Waals surface area contributed by atoms with Crippen molar-refractivity contribution in [3.8, 4) is 5.75 Å². The summed E-state index contributed by atoms with van der Waals surface area (Å²) in [5.41, 5.74) is 3.23. The summed E-state index contributed by atoms with van der Waals surface area (Å²) in [5, 5.41) is 10.5. The zero-order valence-electron chi connectivity index (χ0n) is 20.4. The highest BCUT2D eigenvalue weighted by Crippen LogP contribution is 2.44. The van der Waals surface area contributed by atoms with Gasteiger partial charge in [-0.15, -0.1) is 11.8 Å². The number of nitro benzene ring substituents is 1. The molecular formula is C28H23N3O6S. The number of amides is 1. The van der Waals surface area contributed by atoms with E-state index in [-0.39, 0.29) is 29.3 Å². The maximum Gasteiger partial charge on any atom is 0.355 e. The third-order valence-electron chi connectivity index (χ3n) is 6.27. The SMILES string of the molecule is COc1ccc(COC(=O)C2=C(c3ccccc3)CS[C@H]3[C@H](N=Cc4ccc([N+](=O)[O-])cc4)C(=O)N23)cc1. The zero-order chi connectivity index (χ0) is 26.6. The fraction of sp³-hybridized carbons (Fsp3) is 0.179. The molecule has 5 rings (SSSR count). The molecule has 3 aromatic rings. The third kappa shape index (κ3) is 5.03. The molecule has 38 heavy (non-hydrogen) atoms. The lowest BCUT2D eigenvalue weighted by Crippen LogP contribution is -2.64. The Morgan fingerprint density at radius 2 is 1.82 bits per heavy atom. The molecular weight excluding hydrogens is 506 g/mol. The zero-order valence-corrected chi connectivity index (χ0v) is 21.2. The quantitative estimate of drug-likeness (QED) is 0.139. The van der Waals surface area contributed by atoms with Crippen LogP contribution in [0.5, 0.6) is 5.75 Å². The first-order chi connectivity index (χ1) is 18.5. The van der Waals surface area contributed by atoms with Crippen LogP contribution in [0.2, 0.25) is 0 Å². The number of ether oxygens (including phenoxy) is 2. The highest BCUT2D eigenvalue weighted by molar-refractivity contribution is 8.00. The Morgan fingerprint density at radius 1 is 1.11 bits per heavy atom. The Morgan fingerprint density at radius 3 is 2.47 bits per heavy atom. The lowest BCUT2D eigenvalue weighted by molar-refractivity contribution is -0.384. The summed E-state index contributed by atoms with van der Waals surface area (Å²) in [4.78, 5) is 43.0. The Bertz CT molecular complexity index is 1420. The van der Waals surface area contributed by atoms with Crippen molar-refractivity contribution < 1.29 is 24.0 Å². The summed E-state index contributed by atoms with van der Waals surface area (Å²) in [5.74, 6) is 0.337. The molecule has 192 valence electrons. The van der Waals surface area contributed by atoms with Crippen LogP contribution in [0.3, 0.4) is 0 Å². The van der Waals surface area contributed by atoms with Crippen molar-refractivity contribution in [1.82, 2.24) is 4.90 Å². The summed E-state index contributed by atoms with van der Waals surface area (Å²) >= 11 is 1.53. The normalized spacial score (nSPS) is 18.7. The molecule has 2 heterocycles. The molecule has 0 unspecified atom stereocenters. The van der Waals surface area contributed by atoms with E-state index in [1.54, 1.807) is 31.4 Å². The molecule has 10 heteroatoms. The molecule has 9 nitrogen and oxygen atoms in total. The molecule has 0 saturated carbocycles. The smallest absolute Gasteiger partial charge is 0.355 e. The Labute approximate surface area is 222 Å². The summed E-state index contributed by atoms with van der Waals surface area (Å²) in [6.07, 6.45) is 1.53. The molecule has 0 aliphatic carbocycles. The lowest BCUT2D eigenvalue weighted by Gasteiger charge is -2.48. The van der Waals surface area contributed by atoms with Gasteiger partial charge in [-0.1, -0.05) is 42.5 Å². The van der Waals surface area contributed by atoms with Crippen molar-refractivity contribution in [2.45, 2.75) is 18.0 Å². The van der Waals surface area contributed by atoms with Gasteiger partial charge in [0.15, 0.2) is 6.04 Å². The molecule has 0 N–H and O–H groups in total. The van der Waals surface area contributed by atoms with Gasteiger partial charge in [0.1, 0.15) is 23.4 Å². The number of methoxy groups -OCH3 is 1. The molecule has 1 saturated heterocycles. The van der Waals surface area contributed by atoms with Crippen LogP contribution in [-0.2, 0) is 20.9 Å². The van der Waals surface area contributed by atoms with Crippen LogP contribution in [0.1, 0.15) is 16.7 Å². The molecule has 0 radical (unpaired) electrons. The van der Waals surface area contributed by atoms with Gasteiger partial charge in [0.05, 0.1) is 12.0 Å². The number of β-lactam (4-membered cyclic amide) rings is 1. The van der Waals surface area contributed by atoms with Crippen molar-refractivity contribution in [1.29, 1.82) is 0 Å². The molecule has 0 aromatic heterocycles. The number of non-ortho nitro benzene ring substituents is 1. The number of aliphatic imine (C=N–C) groups is 1. The average Bonchev–Trinajstić information content (AvgIpc) is 2.96. The molecule has 2 atom stereocenters. The monoisotopic (exact) mass is 529 g/mol. The first-order valence-corrected chi connectivity index (χ1v) is 12.8. The highest BCUT2D eigenvalue weighted by Gasteiger charge is 2.54. The predicted octanol–water partition coefficient (Wildman–Crippen LogP) is 4.46. The van der Waals surface area contributed by atoms with E-state index in [2.05, 4.69) is 4.99 Å². The first kappa shape index (κ1) is 25.2. The Kier molecular flexibility index (Phi) is 7.23. The Hall–Kier alpha value is -4.44.